The molecular weight excluding hydrogens is 362 g/mol. The molecule has 1 aliphatic rings. The second kappa shape index (κ2) is 11.8. The molecular formula is C16H26Cl4N2. The summed E-state index contributed by atoms with van der Waals surface area (Å²) in [4.78, 5) is 2.56. The van der Waals surface area contributed by atoms with Crippen LogP contribution in [0.5, 0.6) is 0 Å². The summed E-state index contributed by atoms with van der Waals surface area (Å²) in [6, 6.07) is 6.41. The standard InChI is InChI=1S/C16H24Cl2N2.2ClH/c1-2-3-4-5-16(20-8-6-19-7-9-20)13-10-14(17)12-15(18)11-13;;/h10-12,16,19H,2-9H2,1H3;2*1H/t16-;;/m1../s1. The number of hydrogen-bond donors (Lipinski definition) is 1. The molecule has 128 valence electrons. The number of nitrogens with zero attached hydrogens (tertiary/aromatic N) is 1. The van der Waals surface area contributed by atoms with Crippen molar-refractivity contribution in [3.05, 3.63) is 33.8 Å². The van der Waals surface area contributed by atoms with Crippen molar-refractivity contribution in [2.24, 2.45) is 0 Å². The Morgan fingerprint density at radius 1 is 1.05 bits per heavy atom. The van der Waals surface area contributed by atoms with Gasteiger partial charge in [-0.05, 0) is 30.2 Å². The van der Waals surface area contributed by atoms with Gasteiger partial charge >= 0.3 is 0 Å². The van der Waals surface area contributed by atoms with Crippen molar-refractivity contribution in [1.82, 2.24) is 10.2 Å². The first kappa shape index (κ1) is 22.3. The summed E-state index contributed by atoms with van der Waals surface area (Å²) in [7, 11) is 0. The van der Waals surface area contributed by atoms with E-state index in [9.17, 15) is 0 Å². The lowest BCUT2D eigenvalue weighted by molar-refractivity contribution is 0.163. The molecule has 0 spiro atoms. The predicted molar refractivity (Wildman–Crippen MR) is 102 cm³/mol. The highest BCUT2D eigenvalue weighted by Crippen LogP contribution is 2.31. The second-order valence-corrected chi connectivity index (χ2v) is 6.37. The van der Waals surface area contributed by atoms with E-state index in [0.29, 0.717) is 6.04 Å². The third-order valence-corrected chi connectivity index (χ3v) is 4.38. The topological polar surface area (TPSA) is 15.3 Å². The van der Waals surface area contributed by atoms with Gasteiger partial charge in [-0.15, -0.1) is 24.8 Å². The molecule has 0 aromatic heterocycles. The van der Waals surface area contributed by atoms with Crippen LogP contribution in [0.15, 0.2) is 18.2 Å². The first-order chi connectivity index (χ1) is 9.70. The lowest BCUT2D eigenvalue weighted by Crippen LogP contribution is -2.45. The monoisotopic (exact) mass is 386 g/mol. The van der Waals surface area contributed by atoms with Crippen molar-refractivity contribution < 1.29 is 0 Å². The summed E-state index contributed by atoms with van der Waals surface area (Å²) < 4.78 is 0. The van der Waals surface area contributed by atoms with E-state index < -0.39 is 0 Å². The minimum atomic E-state index is 0. The zero-order valence-electron chi connectivity index (χ0n) is 13.0. The predicted octanol–water partition coefficient (Wildman–Crippen LogP) is 5.36. The highest BCUT2D eigenvalue weighted by molar-refractivity contribution is 6.34. The molecule has 1 atom stereocenters. The van der Waals surface area contributed by atoms with Crippen LogP contribution in [0.2, 0.25) is 10.0 Å². The van der Waals surface area contributed by atoms with Gasteiger partial charge in [0.1, 0.15) is 0 Å². The Kier molecular flexibility index (Phi) is 11.9. The van der Waals surface area contributed by atoms with Crippen molar-refractivity contribution in [1.29, 1.82) is 0 Å². The zero-order chi connectivity index (χ0) is 14.4. The molecule has 1 fully saturated rings. The van der Waals surface area contributed by atoms with Crippen LogP contribution < -0.4 is 5.32 Å². The number of halogens is 4. The van der Waals surface area contributed by atoms with Crippen LogP contribution in [0, 0.1) is 0 Å². The molecule has 6 heteroatoms. The van der Waals surface area contributed by atoms with Gasteiger partial charge in [0, 0.05) is 42.3 Å². The number of hydrogen-bond acceptors (Lipinski definition) is 2. The molecule has 0 unspecified atom stereocenters. The average Bonchev–Trinajstić information content (AvgIpc) is 2.43. The maximum Gasteiger partial charge on any atom is 0.0424 e. The van der Waals surface area contributed by atoms with Gasteiger partial charge in [0.05, 0.1) is 0 Å². The van der Waals surface area contributed by atoms with Crippen LogP contribution in [0.1, 0.15) is 44.2 Å². The molecule has 2 nitrogen and oxygen atoms in total. The zero-order valence-corrected chi connectivity index (χ0v) is 16.1. The van der Waals surface area contributed by atoms with Crippen molar-refractivity contribution in [2.45, 2.75) is 38.6 Å². The van der Waals surface area contributed by atoms with Crippen molar-refractivity contribution >= 4 is 48.0 Å². The van der Waals surface area contributed by atoms with E-state index in [0.717, 1.165) is 36.2 Å². The van der Waals surface area contributed by atoms with Crippen LogP contribution >= 0.6 is 48.0 Å². The minimum absolute atomic E-state index is 0. The molecule has 0 radical (unpaired) electrons. The second-order valence-electron chi connectivity index (χ2n) is 5.50. The van der Waals surface area contributed by atoms with E-state index in [4.69, 9.17) is 23.2 Å². The Bertz CT molecular complexity index is 402. The Morgan fingerprint density at radius 3 is 2.18 bits per heavy atom. The molecule has 0 aliphatic carbocycles. The fourth-order valence-electron chi connectivity index (χ4n) is 2.91. The van der Waals surface area contributed by atoms with Crippen LogP contribution in [0.3, 0.4) is 0 Å². The van der Waals surface area contributed by atoms with Gasteiger partial charge in [-0.2, -0.15) is 0 Å². The van der Waals surface area contributed by atoms with Crippen LogP contribution in [0.25, 0.3) is 0 Å². The van der Waals surface area contributed by atoms with E-state index >= 15 is 0 Å². The van der Waals surface area contributed by atoms with Crippen LogP contribution in [0.4, 0.5) is 0 Å². The maximum atomic E-state index is 6.18. The smallest absolute Gasteiger partial charge is 0.0424 e. The van der Waals surface area contributed by atoms with E-state index in [1.165, 1.54) is 31.2 Å². The SMILES string of the molecule is CCCCC[C@H](c1cc(Cl)cc(Cl)c1)N1CCNCC1.Cl.Cl. The third kappa shape index (κ3) is 6.82. The molecule has 2 rings (SSSR count). The quantitative estimate of drug-likeness (QED) is 0.660. The minimum Gasteiger partial charge on any atom is -0.314 e. The number of piperazine rings is 1. The lowest BCUT2D eigenvalue weighted by atomic mass is 9.98. The Balaban J connectivity index is 0.00000220. The summed E-state index contributed by atoms with van der Waals surface area (Å²) >= 11 is 12.4. The van der Waals surface area contributed by atoms with E-state index in [1.807, 2.05) is 6.07 Å². The number of rotatable bonds is 6. The molecule has 1 heterocycles. The number of benzene rings is 1. The van der Waals surface area contributed by atoms with Gasteiger partial charge in [0.25, 0.3) is 0 Å². The Morgan fingerprint density at radius 2 is 1.64 bits per heavy atom. The number of unbranched alkanes of at least 4 members (excludes halogenated alkanes) is 2. The molecule has 1 aromatic carbocycles. The van der Waals surface area contributed by atoms with Gasteiger partial charge < -0.3 is 5.32 Å². The van der Waals surface area contributed by atoms with Crippen molar-refractivity contribution in [3.8, 4) is 0 Å². The third-order valence-electron chi connectivity index (χ3n) is 3.94. The maximum absolute atomic E-state index is 6.18. The van der Waals surface area contributed by atoms with E-state index in [-0.39, 0.29) is 24.8 Å². The van der Waals surface area contributed by atoms with Crippen molar-refractivity contribution in [2.75, 3.05) is 26.2 Å². The molecule has 1 aromatic rings. The highest BCUT2D eigenvalue weighted by atomic mass is 35.5. The summed E-state index contributed by atoms with van der Waals surface area (Å²) in [6.45, 7) is 6.58. The molecule has 0 bridgehead atoms. The fraction of sp³-hybridized carbons (Fsp3) is 0.625. The molecule has 1 N–H and O–H groups in total. The van der Waals surface area contributed by atoms with Crippen molar-refractivity contribution in [3.63, 3.8) is 0 Å². The van der Waals surface area contributed by atoms with Gasteiger partial charge in [-0.1, -0.05) is 49.4 Å². The number of nitrogens with one attached hydrogen (secondary N) is 1. The van der Waals surface area contributed by atoms with E-state index in [1.54, 1.807) is 0 Å². The van der Waals surface area contributed by atoms with Gasteiger partial charge in [-0.3, -0.25) is 4.90 Å². The van der Waals surface area contributed by atoms with E-state index in [2.05, 4.69) is 29.3 Å². The first-order valence-electron chi connectivity index (χ1n) is 7.61. The highest BCUT2D eigenvalue weighted by Gasteiger charge is 2.22. The largest absolute Gasteiger partial charge is 0.314 e. The van der Waals surface area contributed by atoms with Crippen LogP contribution in [-0.4, -0.2) is 31.1 Å². The Hall–Kier alpha value is 0.300. The van der Waals surface area contributed by atoms with Gasteiger partial charge in [0.2, 0.25) is 0 Å². The molecule has 0 amide bonds. The summed E-state index contributed by atoms with van der Waals surface area (Å²) in [5.41, 5.74) is 1.26. The fourth-order valence-corrected chi connectivity index (χ4v) is 3.45. The summed E-state index contributed by atoms with van der Waals surface area (Å²) in [5.74, 6) is 0. The van der Waals surface area contributed by atoms with Gasteiger partial charge in [0.15, 0.2) is 0 Å². The lowest BCUT2D eigenvalue weighted by Gasteiger charge is -2.35. The molecule has 1 aliphatic heterocycles. The average molecular weight is 388 g/mol. The Labute approximate surface area is 156 Å². The summed E-state index contributed by atoms with van der Waals surface area (Å²) in [5, 5.41) is 4.90. The first-order valence-corrected chi connectivity index (χ1v) is 8.37. The molecule has 1 saturated heterocycles. The molecule has 22 heavy (non-hydrogen) atoms. The van der Waals surface area contributed by atoms with Gasteiger partial charge in [-0.25, -0.2) is 0 Å². The van der Waals surface area contributed by atoms with Crippen LogP contribution in [-0.2, 0) is 0 Å². The summed E-state index contributed by atoms with van der Waals surface area (Å²) in [6.07, 6.45) is 4.99. The normalized spacial score (nSPS) is 16.5. The molecule has 0 saturated carbocycles.